The quantitative estimate of drug-likeness (QED) is 0.418. The van der Waals surface area contributed by atoms with Crippen LogP contribution in [0.3, 0.4) is 0 Å². The fourth-order valence-corrected chi connectivity index (χ4v) is 1.46. The first kappa shape index (κ1) is 16.0. The molecule has 0 aliphatic heterocycles. The predicted octanol–water partition coefficient (Wildman–Crippen LogP) is 1.46. The van der Waals surface area contributed by atoms with Crippen molar-refractivity contribution >= 4 is 61.5 Å². The molecule has 1 N–H and O–H groups in total. The van der Waals surface area contributed by atoms with E-state index in [1.807, 2.05) is 0 Å². The Morgan fingerprint density at radius 2 is 1.58 bits per heavy atom. The van der Waals surface area contributed by atoms with Gasteiger partial charge in [0.25, 0.3) is 10.1 Å². The summed E-state index contributed by atoms with van der Waals surface area (Å²) in [5.41, 5.74) is 0. The van der Waals surface area contributed by atoms with E-state index in [0.29, 0.717) is 6.42 Å². The molecule has 0 amide bonds. The number of rotatable bonds is 6. The van der Waals surface area contributed by atoms with Gasteiger partial charge < -0.3 is 0 Å². The van der Waals surface area contributed by atoms with Gasteiger partial charge in [-0.05, 0) is 6.42 Å². The topological polar surface area (TPSA) is 54.4 Å². The Labute approximate surface area is 117 Å². The summed E-state index contributed by atoms with van der Waals surface area (Å²) in [4.78, 5) is 0. The maximum atomic E-state index is 10.2. The predicted molar refractivity (Wildman–Crippen MR) is 50.9 cm³/mol. The normalized spacial score (nSPS) is 10.8. The van der Waals surface area contributed by atoms with Gasteiger partial charge in [-0.1, -0.05) is 32.6 Å². The van der Waals surface area contributed by atoms with Crippen LogP contribution in [0.15, 0.2) is 0 Å². The van der Waals surface area contributed by atoms with Crippen molar-refractivity contribution < 1.29 is 13.0 Å². The largest absolute Gasteiger partial charge is 0.286 e. The van der Waals surface area contributed by atoms with Crippen molar-refractivity contribution in [3.8, 4) is 0 Å². The van der Waals surface area contributed by atoms with Gasteiger partial charge >= 0.3 is 0 Å². The van der Waals surface area contributed by atoms with Crippen molar-refractivity contribution in [1.82, 2.24) is 0 Å². The molecule has 0 aliphatic carbocycles. The average Bonchev–Trinajstić information content (AvgIpc) is 1.85. The van der Waals surface area contributed by atoms with Crippen LogP contribution < -0.4 is 0 Å². The SMILES string of the molecule is CCCCCCCS(=O)(=O)O.[K]. The Morgan fingerprint density at radius 1 is 1.08 bits per heavy atom. The van der Waals surface area contributed by atoms with Gasteiger partial charge in [-0.15, -0.1) is 0 Å². The molecule has 5 heteroatoms. The van der Waals surface area contributed by atoms with Crippen LogP contribution in [0.4, 0.5) is 0 Å². The minimum Gasteiger partial charge on any atom is -0.286 e. The molecule has 0 fully saturated rings. The van der Waals surface area contributed by atoms with E-state index in [1.54, 1.807) is 0 Å². The Morgan fingerprint density at radius 3 is 2.00 bits per heavy atom. The van der Waals surface area contributed by atoms with E-state index in [1.165, 1.54) is 0 Å². The number of hydrogen-bond acceptors (Lipinski definition) is 2. The minimum absolute atomic E-state index is 0. The van der Waals surface area contributed by atoms with Gasteiger partial charge in [0.05, 0.1) is 5.75 Å². The first-order chi connectivity index (χ1) is 5.06. The van der Waals surface area contributed by atoms with E-state index in [4.69, 9.17) is 4.55 Å². The zero-order valence-corrected chi connectivity index (χ0v) is 11.9. The van der Waals surface area contributed by atoms with Gasteiger partial charge in [0.15, 0.2) is 0 Å². The molecule has 69 valence electrons. The molecule has 0 spiro atoms. The molecule has 0 aromatic rings. The van der Waals surface area contributed by atoms with Crippen molar-refractivity contribution in [3.05, 3.63) is 0 Å². The molecule has 0 aromatic heterocycles. The summed E-state index contributed by atoms with van der Waals surface area (Å²) in [6.07, 6.45) is 4.83. The molecule has 0 saturated carbocycles. The first-order valence-electron chi connectivity index (χ1n) is 4.01. The third kappa shape index (κ3) is 14.1. The smallest absolute Gasteiger partial charge is 0.264 e. The van der Waals surface area contributed by atoms with Gasteiger partial charge in [0.2, 0.25) is 0 Å². The second kappa shape index (κ2) is 9.12. The van der Waals surface area contributed by atoms with Crippen molar-refractivity contribution in [2.75, 3.05) is 5.75 Å². The average molecular weight is 219 g/mol. The Balaban J connectivity index is 0. The van der Waals surface area contributed by atoms with Crippen LogP contribution in [-0.4, -0.2) is 70.1 Å². The first-order valence-corrected chi connectivity index (χ1v) is 5.62. The Bertz CT molecular complexity index is 177. The van der Waals surface area contributed by atoms with E-state index in [-0.39, 0.29) is 57.1 Å². The molecule has 0 heterocycles. The molecular formula is C7H16KO3S. The zero-order valence-electron chi connectivity index (χ0n) is 7.91. The maximum absolute atomic E-state index is 10.2. The third-order valence-corrected chi connectivity index (χ3v) is 2.31. The summed E-state index contributed by atoms with van der Waals surface area (Å²) in [5, 5.41) is 0. The van der Waals surface area contributed by atoms with Crippen molar-refractivity contribution in [2.45, 2.75) is 39.0 Å². The summed E-state index contributed by atoms with van der Waals surface area (Å²) < 4.78 is 28.8. The molecule has 0 aromatic carbocycles. The summed E-state index contributed by atoms with van der Waals surface area (Å²) in [6.45, 7) is 2.10. The third-order valence-electron chi connectivity index (χ3n) is 1.51. The van der Waals surface area contributed by atoms with Gasteiger partial charge in [-0.25, -0.2) is 0 Å². The Kier molecular flexibility index (Phi) is 12.1. The summed E-state index contributed by atoms with van der Waals surface area (Å²) >= 11 is 0. The monoisotopic (exact) mass is 219 g/mol. The number of hydrogen-bond donors (Lipinski definition) is 1. The van der Waals surface area contributed by atoms with Crippen LogP contribution in [-0.2, 0) is 10.1 Å². The van der Waals surface area contributed by atoms with Crippen LogP contribution in [0.25, 0.3) is 0 Å². The molecule has 0 bridgehead atoms. The number of unbranched alkanes of at least 4 members (excludes halogenated alkanes) is 4. The molecule has 12 heavy (non-hydrogen) atoms. The fourth-order valence-electron chi connectivity index (χ4n) is 0.888. The zero-order chi connectivity index (χ0) is 8.74. The fraction of sp³-hybridized carbons (Fsp3) is 1.00. The van der Waals surface area contributed by atoms with Crippen molar-refractivity contribution in [3.63, 3.8) is 0 Å². The van der Waals surface area contributed by atoms with Gasteiger partial charge in [0, 0.05) is 51.4 Å². The Hall–Kier alpha value is 1.55. The summed E-state index contributed by atoms with van der Waals surface area (Å²) in [7, 11) is -3.71. The van der Waals surface area contributed by atoms with E-state index in [2.05, 4.69) is 6.92 Å². The van der Waals surface area contributed by atoms with Crippen LogP contribution in [0.5, 0.6) is 0 Å². The van der Waals surface area contributed by atoms with Crippen LogP contribution in [0.2, 0.25) is 0 Å². The van der Waals surface area contributed by atoms with Crippen LogP contribution in [0, 0.1) is 0 Å². The standard InChI is InChI=1S/C7H16O3S.K/c1-2-3-4-5-6-7-11(8,9)10;/h2-7H2,1H3,(H,8,9,10);. The van der Waals surface area contributed by atoms with E-state index >= 15 is 0 Å². The molecule has 0 rings (SSSR count). The summed E-state index contributed by atoms with van der Waals surface area (Å²) in [6, 6.07) is 0. The van der Waals surface area contributed by atoms with Crippen LogP contribution in [0.1, 0.15) is 39.0 Å². The molecule has 1 radical (unpaired) electrons. The molecule has 0 atom stereocenters. The molecule has 0 unspecified atom stereocenters. The van der Waals surface area contributed by atoms with Crippen molar-refractivity contribution in [1.29, 1.82) is 0 Å². The van der Waals surface area contributed by atoms with Crippen molar-refractivity contribution in [2.24, 2.45) is 0 Å². The maximum Gasteiger partial charge on any atom is 0.264 e. The second-order valence-electron chi connectivity index (χ2n) is 2.70. The minimum atomic E-state index is -3.71. The van der Waals surface area contributed by atoms with E-state index in [9.17, 15) is 8.42 Å². The van der Waals surface area contributed by atoms with Gasteiger partial charge in [-0.2, -0.15) is 8.42 Å². The van der Waals surface area contributed by atoms with Gasteiger partial charge in [-0.3, -0.25) is 4.55 Å². The summed E-state index contributed by atoms with van der Waals surface area (Å²) in [5.74, 6) is -0.0866. The second-order valence-corrected chi connectivity index (χ2v) is 4.27. The molecule has 0 saturated heterocycles. The molecule has 0 aliphatic rings. The van der Waals surface area contributed by atoms with Crippen LogP contribution >= 0.6 is 0 Å². The van der Waals surface area contributed by atoms with E-state index < -0.39 is 10.1 Å². The van der Waals surface area contributed by atoms with E-state index in [0.717, 1.165) is 25.7 Å². The molecule has 3 nitrogen and oxygen atoms in total. The molecular weight excluding hydrogens is 203 g/mol. The van der Waals surface area contributed by atoms with Gasteiger partial charge in [0.1, 0.15) is 0 Å².